The van der Waals surface area contributed by atoms with E-state index >= 15 is 0 Å². The van der Waals surface area contributed by atoms with Gasteiger partial charge in [-0.15, -0.1) is 0 Å². The maximum absolute atomic E-state index is 12.2. The Hall–Kier alpha value is -0.900. The highest BCUT2D eigenvalue weighted by molar-refractivity contribution is 6.31. The first kappa shape index (κ1) is 11.6. The third kappa shape index (κ3) is 2.61. The molecular weight excluding hydrogens is 229 g/mol. The van der Waals surface area contributed by atoms with Crippen LogP contribution < -0.4 is 4.90 Å². The molecule has 0 unspecified atom stereocenters. The van der Waals surface area contributed by atoms with E-state index in [-0.39, 0.29) is 6.67 Å². The molecule has 5 heteroatoms. The molecule has 0 aliphatic carbocycles. The van der Waals surface area contributed by atoms with Crippen molar-refractivity contribution in [3.8, 4) is 0 Å². The first-order valence-corrected chi connectivity index (χ1v) is 5.96. The Balaban J connectivity index is 1.96. The molecule has 3 nitrogen and oxygen atoms in total. The number of hydrogen-bond acceptors (Lipinski definition) is 3. The van der Waals surface area contributed by atoms with E-state index in [0.29, 0.717) is 17.5 Å². The molecule has 0 bridgehead atoms. The van der Waals surface area contributed by atoms with E-state index in [9.17, 15) is 4.39 Å². The normalized spacial score (nSPS) is 17.8. The minimum Gasteiger partial charge on any atom is -0.354 e. The lowest BCUT2D eigenvalue weighted by atomic mass is 9.94. The fourth-order valence-corrected chi connectivity index (χ4v) is 2.34. The second kappa shape index (κ2) is 5.43. The number of nitrogens with zero attached hydrogens (tertiary/aromatic N) is 3. The number of alkyl halides is 1. The molecule has 1 aliphatic heterocycles. The third-order valence-electron chi connectivity index (χ3n) is 3.07. The van der Waals surface area contributed by atoms with Gasteiger partial charge in [0.25, 0.3) is 0 Å². The summed E-state index contributed by atoms with van der Waals surface area (Å²) >= 11 is 5.98. The van der Waals surface area contributed by atoms with E-state index in [1.54, 1.807) is 12.4 Å². The molecule has 0 amide bonds. The van der Waals surface area contributed by atoms with Gasteiger partial charge in [0.1, 0.15) is 0 Å². The number of hydrogen-bond donors (Lipinski definition) is 0. The molecule has 0 atom stereocenters. The monoisotopic (exact) mass is 243 g/mol. The lowest BCUT2D eigenvalue weighted by Gasteiger charge is -2.32. The van der Waals surface area contributed by atoms with Crippen LogP contribution in [0.4, 0.5) is 10.2 Å². The summed E-state index contributed by atoms with van der Waals surface area (Å²) in [5.74, 6) is 1.26. The molecule has 0 aromatic carbocycles. The van der Waals surface area contributed by atoms with Crippen molar-refractivity contribution in [2.75, 3.05) is 24.7 Å². The molecule has 1 aromatic rings. The third-order valence-corrected chi connectivity index (χ3v) is 3.33. The van der Waals surface area contributed by atoms with Crippen molar-refractivity contribution >= 4 is 17.4 Å². The van der Waals surface area contributed by atoms with Crippen LogP contribution in [0.3, 0.4) is 0 Å². The first-order chi connectivity index (χ1) is 7.81. The number of piperidine rings is 1. The Bertz CT molecular complexity index is 340. The Labute approximate surface area is 99.6 Å². The summed E-state index contributed by atoms with van der Waals surface area (Å²) in [7, 11) is 0. The Morgan fingerprint density at radius 2 is 2.00 bits per heavy atom. The van der Waals surface area contributed by atoms with Gasteiger partial charge in [0.05, 0.1) is 6.67 Å². The molecular formula is C11H15ClFN3. The van der Waals surface area contributed by atoms with Gasteiger partial charge in [-0.25, -0.2) is 9.97 Å². The molecule has 0 saturated carbocycles. The molecule has 88 valence electrons. The van der Waals surface area contributed by atoms with Crippen LogP contribution in [-0.4, -0.2) is 29.7 Å². The first-order valence-electron chi connectivity index (χ1n) is 5.58. The molecule has 1 aromatic heterocycles. The number of aromatic nitrogens is 2. The van der Waals surface area contributed by atoms with E-state index in [2.05, 4.69) is 14.9 Å². The van der Waals surface area contributed by atoms with Crippen LogP contribution in [0.15, 0.2) is 12.4 Å². The minimum absolute atomic E-state index is 0.212. The van der Waals surface area contributed by atoms with Gasteiger partial charge in [-0.1, -0.05) is 11.6 Å². The van der Waals surface area contributed by atoms with Crippen LogP contribution in [-0.2, 0) is 0 Å². The summed E-state index contributed by atoms with van der Waals surface area (Å²) in [5.41, 5.74) is 0. The predicted octanol–water partition coefficient (Wildman–Crippen LogP) is 2.71. The molecule has 0 N–H and O–H groups in total. The highest BCUT2D eigenvalue weighted by Crippen LogP contribution is 2.27. The zero-order chi connectivity index (χ0) is 11.4. The van der Waals surface area contributed by atoms with Gasteiger partial charge in [-0.3, -0.25) is 4.39 Å². The molecule has 2 heterocycles. The minimum atomic E-state index is -0.212. The molecule has 2 rings (SSSR count). The average molecular weight is 244 g/mol. The fraction of sp³-hybridized carbons (Fsp3) is 0.636. The maximum atomic E-state index is 12.2. The van der Waals surface area contributed by atoms with Crippen LogP contribution in [0.5, 0.6) is 0 Å². The molecule has 1 saturated heterocycles. The fourth-order valence-electron chi connectivity index (χ4n) is 2.11. The van der Waals surface area contributed by atoms with E-state index < -0.39 is 0 Å². The summed E-state index contributed by atoms with van der Waals surface area (Å²) in [5, 5.41) is 0.450. The topological polar surface area (TPSA) is 29.0 Å². The zero-order valence-electron chi connectivity index (χ0n) is 9.07. The van der Waals surface area contributed by atoms with Gasteiger partial charge < -0.3 is 4.90 Å². The van der Waals surface area contributed by atoms with Crippen molar-refractivity contribution in [2.24, 2.45) is 5.92 Å². The highest BCUT2D eigenvalue weighted by Gasteiger charge is 2.21. The van der Waals surface area contributed by atoms with Gasteiger partial charge in [0, 0.05) is 25.5 Å². The van der Waals surface area contributed by atoms with Crippen molar-refractivity contribution in [2.45, 2.75) is 19.3 Å². The van der Waals surface area contributed by atoms with Gasteiger partial charge in [0.2, 0.25) is 0 Å². The maximum Gasteiger partial charge on any atom is 0.171 e. The standard InChI is InChI=1S/C11H15ClFN3/c12-10-11(15-6-5-14-10)16-7-2-9(1-4-13)3-8-16/h5-6,9H,1-4,7-8H2. The van der Waals surface area contributed by atoms with Crippen molar-refractivity contribution in [3.63, 3.8) is 0 Å². The van der Waals surface area contributed by atoms with Crippen LogP contribution >= 0.6 is 11.6 Å². The lowest BCUT2D eigenvalue weighted by Crippen LogP contribution is -2.34. The van der Waals surface area contributed by atoms with E-state index in [1.165, 1.54) is 0 Å². The average Bonchev–Trinajstić information content (AvgIpc) is 2.31. The summed E-state index contributed by atoms with van der Waals surface area (Å²) in [6.45, 7) is 1.57. The Kier molecular flexibility index (Phi) is 3.93. The molecule has 1 aliphatic rings. The summed E-state index contributed by atoms with van der Waals surface area (Å²) in [6, 6.07) is 0. The van der Waals surface area contributed by atoms with Crippen molar-refractivity contribution in [1.29, 1.82) is 0 Å². The Morgan fingerprint density at radius 3 is 2.62 bits per heavy atom. The SMILES string of the molecule is FCCC1CCN(c2nccnc2Cl)CC1. The van der Waals surface area contributed by atoms with Crippen LogP contribution in [0.25, 0.3) is 0 Å². The smallest absolute Gasteiger partial charge is 0.171 e. The van der Waals surface area contributed by atoms with Crippen LogP contribution in [0.1, 0.15) is 19.3 Å². The number of anilines is 1. The summed E-state index contributed by atoms with van der Waals surface area (Å²) < 4.78 is 12.2. The zero-order valence-corrected chi connectivity index (χ0v) is 9.83. The number of halogens is 2. The molecule has 16 heavy (non-hydrogen) atoms. The van der Waals surface area contributed by atoms with Crippen molar-refractivity contribution in [1.82, 2.24) is 9.97 Å². The predicted molar refractivity (Wildman–Crippen MR) is 62.6 cm³/mol. The van der Waals surface area contributed by atoms with Crippen LogP contribution in [0, 0.1) is 5.92 Å². The molecule has 0 radical (unpaired) electrons. The summed E-state index contributed by atoms with van der Waals surface area (Å²) in [4.78, 5) is 10.4. The molecule has 1 fully saturated rings. The van der Waals surface area contributed by atoms with Gasteiger partial charge in [0.15, 0.2) is 11.0 Å². The lowest BCUT2D eigenvalue weighted by molar-refractivity contribution is 0.332. The van der Waals surface area contributed by atoms with E-state index in [1.807, 2.05) is 0 Å². The largest absolute Gasteiger partial charge is 0.354 e. The second-order valence-corrected chi connectivity index (χ2v) is 4.44. The van der Waals surface area contributed by atoms with Gasteiger partial charge in [-0.2, -0.15) is 0 Å². The molecule has 0 spiro atoms. The van der Waals surface area contributed by atoms with E-state index in [4.69, 9.17) is 11.6 Å². The van der Waals surface area contributed by atoms with Crippen molar-refractivity contribution in [3.05, 3.63) is 17.5 Å². The second-order valence-electron chi connectivity index (χ2n) is 4.08. The highest BCUT2D eigenvalue weighted by atomic mass is 35.5. The van der Waals surface area contributed by atoms with E-state index in [0.717, 1.165) is 31.7 Å². The Morgan fingerprint density at radius 1 is 1.31 bits per heavy atom. The van der Waals surface area contributed by atoms with Gasteiger partial charge in [-0.05, 0) is 25.2 Å². The van der Waals surface area contributed by atoms with Crippen LogP contribution in [0.2, 0.25) is 5.15 Å². The van der Waals surface area contributed by atoms with Crippen molar-refractivity contribution < 1.29 is 4.39 Å². The van der Waals surface area contributed by atoms with Gasteiger partial charge >= 0.3 is 0 Å². The number of rotatable bonds is 3. The quantitative estimate of drug-likeness (QED) is 0.818. The summed E-state index contributed by atoms with van der Waals surface area (Å²) in [6.07, 6.45) is 5.94.